The second-order valence-corrected chi connectivity index (χ2v) is 8.72. The summed E-state index contributed by atoms with van der Waals surface area (Å²) in [6.07, 6.45) is 4.00. The predicted molar refractivity (Wildman–Crippen MR) is 113 cm³/mol. The van der Waals surface area contributed by atoms with E-state index in [0.29, 0.717) is 16.5 Å². The standard InChI is InChI=1S/C22H25N3O2S/c1-14(2)20(18-7-6-12-28-18)24-21(26)15-9-10-16-17(13-15)23-19-8-4-3-5-11-25(19)22(16)27/h6-7,9-10,12-14,20H,3-5,8,11H2,1-2H3,(H,24,26)/t20-/m0/s1. The van der Waals surface area contributed by atoms with Crippen LogP contribution in [-0.2, 0) is 13.0 Å². The highest BCUT2D eigenvalue weighted by atomic mass is 32.1. The molecule has 3 heterocycles. The van der Waals surface area contributed by atoms with Gasteiger partial charge in [-0.2, -0.15) is 0 Å². The van der Waals surface area contributed by atoms with E-state index < -0.39 is 0 Å². The van der Waals surface area contributed by atoms with Crippen molar-refractivity contribution in [2.24, 2.45) is 5.92 Å². The fraction of sp³-hybridized carbons (Fsp3) is 0.409. The molecule has 1 aliphatic rings. The van der Waals surface area contributed by atoms with Crippen molar-refractivity contribution in [3.05, 3.63) is 62.3 Å². The maximum absolute atomic E-state index is 12.9. The number of carbonyl (C=O) groups is 1. The maximum atomic E-state index is 12.9. The molecule has 0 saturated carbocycles. The molecule has 0 aliphatic carbocycles. The van der Waals surface area contributed by atoms with E-state index in [4.69, 9.17) is 4.98 Å². The molecule has 146 valence electrons. The van der Waals surface area contributed by atoms with Gasteiger partial charge in [0.15, 0.2) is 0 Å². The first kappa shape index (κ1) is 18.9. The lowest BCUT2D eigenvalue weighted by Gasteiger charge is -2.21. The van der Waals surface area contributed by atoms with Gasteiger partial charge < -0.3 is 5.32 Å². The largest absolute Gasteiger partial charge is 0.344 e. The van der Waals surface area contributed by atoms with Crippen LogP contribution in [0.4, 0.5) is 0 Å². The Hall–Kier alpha value is -2.47. The highest BCUT2D eigenvalue weighted by Crippen LogP contribution is 2.26. The van der Waals surface area contributed by atoms with Gasteiger partial charge in [-0.25, -0.2) is 4.98 Å². The molecule has 1 amide bonds. The van der Waals surface area contributed by atoms with Gasteiger partial charge in [-0.1, -0.05) is 26.3 Å². The first-order chi connectivity index (χ1) is 13.5. The first-order valence-electron chi connectivity index (χ1n) is 9.92. The first-order valence-corrected chi connectivity index (χ1v) is 10.8. The van der Waals surface area contributed by atoms with Crippen molar-refractivity contribution < 1.29 is 4.79 Å². The lowest BCUT2D eigenvalue weighted by Crippen LogP contribution is -2.31. The molecule has 4 rings (SSSR count). The van der Waals surface area contributed by atoms with Crippen LogP contribution < -0.4 is 10.9 Å². The van der Waals surface area contributed by atoms with E-state index in [1.807, 2.05) is 17.5 Å². The van der Waals surface area contributed by atoms with E-state index >= 15 is 0 Å². The van der Waals surface area contributed by atoms with Gasteiger partial charge in [0.25, 0.3) is 11.5 Å². The summed E-state index contributed by atoms with van der Waals surface area (Å²) < 4.78 is 1.81. The average molecular weight is 396 g/mol. The molecule has 2 aromatic heterocycles. The lowest BCUT2D eigenvalue weighted by molar-refractivity contribution is 0.0926. The quantitative estimate of drug-likeness (QED) is 0.716. The fourth-order valence-corrected chi connectivity index (χ4v) is 4.77. The summed E-state index contributed by atoms with van der Waals surface area (Å²) >= 11 is 1.65. The minimum Gasteiger partial charge on any atom is -0.344 e. The third-order valence-electron chi connectivity index (χ3n) is 5.38. The van der Waals surface area contributed by atoms with Crippen molar-refractivity contribution in [3.63, 3.8) is 0 Å². The molecule has 0 fully saturated rings. The van der Waals surface area contributed by atoms with Crippen LogP contribution in [0.25, 0.3) is 10.9 Å². The molecule has 5 nitrogen and oxygen atoms in total. The zero-order valence-corrected chi connectivity index (χ0v) is 17.1. The zero-order chi connectivity index (χ0) is 19.7. The minimum atomic E-state index is -0.133. The van der Waals surface area contributed by atoms with Crippen molar-refractivity contribution in [3.8, 4) is 0 Å². The molecule has 1 atom stereocenters. The second kappa shape index (κ2) is 7.87. The third kappa shape index (κ3) is 3.61. The van der Waals surface area contributed by atoms with E-state index in [1.165, 1.54) is 0 Å². The molecule has 3 aromatic rings. The van der Waals surface area contributed by atoms with Gasteiger partial charge in [0.05, 0.1) is 16.9 Å². The molecule has 1 aromatic carbocycles. The summed E-state index contributed by atoms with van der Waals surface area (Å²) in [6, 6.07) is 9.25. The van der Waals surface area contributed by atoms with E-state index in [9.17, 15) is 9.59 Å². The highest BCUT2D eigenvalue weighted by Gasteiger charge is 2.21. The lowest BCUT2D eigenvalue weighted by atomic mass is 10.0. The third-order valence-corrected chi connectivity index (χ3v) is 6.34. The molecule has 0 bridgehead atoms. The second-order valence-electron chi connectivity index (χ2n) is 7.74. The fourth-order valence-electron chi connectivity index (χ4n) is 3.82. The van der Waals surface area contributed by atoms with Crippen LogP contribution in [0.5, 0.6) is 0 Å². The molecule has 0 radical (unpaired) electrons. The SMILES string of the molecule is CC(C)[C@H](NC(=O)c1ccc2c(=O)n3c(nc2c1)CCCCC3)c1cccs1. The van der Waals surface area contributed by atoms with Crippen molar-refractivity contribution in [2.75, 3.05) is 0 Å². The number of aryl methyl sites for hydroxylation is 1. The zero-order valence-electron chi connectivity index (χ0n) is 16.3. The number of hydrogen-bond acceptors (Lipinski definition) is 4. The van der Waals surface area contributed by atoms with Crippen molar-refractivity contribution in [1.29, 1.82) is 0 Å². The Morgan fingerprint density at radius 2 is 2.07 bits per heavy atom. The van der Waals surface area contributed by atoms with Crippen LogP contribution in [0, 0.1) is 5.92 Å². The Balaban J connectivity index is 1.67. The molecule has 6 heteroatoms. The summed E-state index contributed by atoms with van der Waals surface area (Å²) in [5.74, 6) is 0.985. The molecule has 0 spiro atoms. The van der Waals surface area contributed by atoms with Crippen molar-refractivity contribution in [1.82, 2.24) is 14.9 Å². The van der Waals surface area contributed by atoms with Crippen LogP contribution in [0.3, 0.4) is 0 Å². The number of amides is 1. The summed E-state index contributed by atoms with van der Waals surface area (Å²) in [5, 5.41) is 5.76. The van der Waals surface area contributed by atoms with Crippen LogP contribution in [0.15, 0.2) is 40.5 Å². The van der Waals surface area contributed by atoms with Gasteiger partial charge in [-0.15, -0.1) is 11.3 Å². The van der Waals surface area contributed by atoms with Crippen LogP contribution >= 0.6 is 11.3 Å². The summed E-state index contributed by atoms with van der Waals surface area (Å²) in [5.41, 5.74) is 1.16. The molecule has 1 aliphatic heterocycles. The van der Waals surface area contributed by atoms with E-state index in [0.717, 1.165) is 42.9 Å². The van der Waals surface area contributed by atoms with Crippen LogP contribution in [0.2, 0.25) is 0 Å². The van der Waals surface area contributed by atoms with Gasteiger partial charge in [0.2, 0.25) is 0 Å². The minimum absolute atomic E-state index is 0.00695. The Morgan fingerprint density at radius 1 is 1.21 bits per heavy atom. The van der Waals surface area contributed by atoms with Gasteiger partial charge in [0, 0.05) is 23.4 Å². The predicted octanol–water partition coefficient (Wildman–Crippen LogP) is 4.31. The molecule has 1 N–H and O–H groups in total. The number of rotatable bonds is 4. The number of benzene rings is 1. The molecule has 0 saturated heterocycles. The topological polar surface area (TPSA) is 64.0 Å². The normalized spacial score (nSPS) is 15.2. The van der Waals surface area contributed by atoms with Gasteiger partial charge in [-0.3, -0.25) is 14.2 Å². The van der Waals surface area contributed by atoms with E-state index in [-0.39, 0.29) is 23.4 Å². The van der Waals surface area contributed by atoms with Gasteiger partial charge in [0.1, 0.15) is 5.82 Å². The number of carbonyl (C=O) groups excluding carboxylic acids is 1. The van der Waals surface area contributed by atoms with E-state index in [2.05, 4.69) is 19.2 Å². The smallest absolute Gasteiger partial charge is 0.261 e. The number of nitrogens with zero attached hydrogens (tertiary/aromatic N) is 2. The van der Waals surface area contributed by atoms with Crippen LogP contribution in [-0.4, -0.2) is 15.5 Å². The molecule has 28 heavy (non-hydrogen) atoms. The number of hydrogen-bond donors (Lipinski definition) is 1. The molecular weight excluding hydrogens is 370 g/mol. The van der Waals surface area contributed by atoms with Crippen molar-refractivity contribution in [2.45, 2.75) is 52.1 Å². The average Bonchev–Trinajstić information content (AvgIpc) is 3.10. The number of nitrogens with one attached hydrogen (secondary N) is 1. The number of aromatic nitrogens is 2. The van der Waals surface area contributed by atoms with Gasteiger partial charge >= 0.3 is 0 Å². The Bertz CT molecular complexity index is 1050. The Labute approximate surface area is 168 Å². The highest BCUT2D eigenvalue weighted by molar-refractivity contribution is 7.10. The Morgan fingerprint density at radius 3 is 2.82 bits per heavy atom. The molecule has 0 unspecified atom stereocenters. The number of fused-ring (bicyclic) bond motifs is 2. The van der Waals surface area contributed by atoms with E-state index in [1.54, 1.807) is 34.1 Å². The maximum Gasteiger partial charge on any atom is 0.261 e. The Kier molecular flexibility index (Phi) is 5.31. The molecular formula is C22H25N3O2S. The summed E-state index contributed by atoms with van der Waals surface area (Å²) in [7, 11) is 0. The van der Waals surface area contributed by atoms with Crippen molar-refractivity contribution >= 4 is 28.1 Å². The summed E-state index contributed by atoms with van der Waals surface area (Å²) in [4.78, 5) is 31.6. The van der Waals surface area contributed by atoms with Gasteiger partial charge in [-0.05, 0) is 48.4 Å². The monoisotopic (exact) mass is 395 g/mol. The number of thiophene rings is 1. The summed E-state index contributed by atoms with van der Waals surface area (Å²) in [6.45, 7) is 4.93. The van der Waals surface area contributed by atoms with Crippen LogP contribution in [0.1, 0.15) is 60.2 Å².